The van der Waals surface area contributed by atoms with Gasteiger partial charge in [0, 0.05) is 31.1 Å². The average Bonchev–Trinajstić information content (AvgIpc) is 3.24. The van der Waals surface area contributed by atoms with E-state index in [-0.39, 0.29) is 10.6 Å². The lowest BCUT2D eigenvalue weighted by atomic mass is 10.0. The van der Waals surface area contributed by atoms with Gasteiger partial charge in [0.2, 0.25) is 0 Å². The number of aromatic nitrogens is 2. The molecule has 0 amide bonds. The number of nitrogens with one attached hydrogen (secondary N) is 1. The van der Waals surface area contributed by atoms with Crippen LogP contribution < -0.4 is 10.9 Å². The predicted octanol–water partition coefficient (Wildman–Crippen LogP) is 3.83. The third-order valence-electron chi connectivity index (χ3n) is 5.14. The van der Waals surface area contributed by atoms with Crippen molar-refractivity contribution in [3.63, 3.8) is 0 Å². The maximum atomic E-state index is 12.7. The van der Waals surface area contributed by atoms with Crippen LogP contribution in [-0.4, -0.2) is 46.9 Å². The first kappa shape index (κ1) is 19.8. The molecule has 1 atom stereocenters. The number of ether oxygens (including phenoxy) is 1. The Kier molecular flexibility index (Phi) is 6.57. The summed E-state index contributed by atoms with van der Waals surface area (Å²) in [5, 5.41) is 7.74. The lowest BCUT2D eigenvalue weighted by Crippen LogP contribution is -2.26. The highest BCUT2D eigenvalue weighted by Crippen LogP contribution is 2.27. The van der Waals surface area contributed by atoms with Crippen LogP contribution in [0.2, 0.25) is 5.02 Å². The van der Waals surface area contributed by atoms with Crippen LogP contribution in [0.1, 0.15) is 25.7 Å². The van der Waals surface area contributed by atoms with Gasteiger partial charge in [-0.15, -0.1) is 0 Å². The van der Waals surface area contributed by atoms with Crippen molar-refractivity contribution in [2.75, 3.05) is 38.2 Å². The zero-order valence-electron chi connectivity index (χ0n) is 15.8. The molecule has 1 N–H and O–H groups in total. The van der Waals surface area contributed by atoms with E-state index >= 15 is 0 Å². The molecule has 150 valence electrons. The first-order valence-electron chi connectivity index (χ1n) is 9.83. The maximum absolute atomic E-state index is 12.7. The van der Waals surface area contributed by atoms with Gasteiger partial charge in [-0.1, -0.05) is 11.6 Å². The van der Waals surface area contributed by atoms with Gasteiger partial charge in [0.05, 0.1) is 24.2 Å². The third kappa shape index (κ3) is 4.71. The highest BCUT2D eigenvalue weighted by atomic mass is 35.5. The number of nitrogens with zero attached hydrogens (tertiary/aromatic N) is 3. The fourth-order valence-corrected chi connectivity index (χ4v) is 4.73. The Balaban J connectivity index is 1.44. The van der Waals surface area contributed by atoms with Crippen molar-refractivity contribution in [1.82, 2.24) is 14.1 Å². The molecule has 1 aromatic heterocycles. The summed E-state index contributed by atoms with van der Waals surface area (Å²) >= 11 is 8.10. The van der Waals surface area contributed by atoms with Crippen LogP contribution in [0, 0.1) is 5.92 Å². The summed E-state index contributed by atoms with van der Waals surface area (Å²) in [6.45, 7) is 4.57. The Hall–Kier alpha value is -1.54. The highest BCUT2D eigenvalue weighted by Gasteiger charge is 2.16. The van der Waals surface area contributed by atoms with Crippen molar-refractivity contribution in [1.29, 1.82) is 0 Å². The summed E-state index contributed by atoms with van der Waals surface area (Å²) in [6, 6.07) is 7.87. The molecule has 1 aromatic carbocycles. The lowest BCUT2D eigenvalue weighted by molar-refractivity contribution is 0.0595. The van der Waals surface area contributed by atoms with Crippen molar-refractivity contribution in [3.8, 4) is 5.69 Å². The molecule has 2 aromatic rings. The zero-order chi connectivity index (χ0) is 19.3. The van der Waals surface area contributed by atoms with Crippen LogP contribution in [0.15, 0.2) is 40.2 Å². The summed E-state index contributed by atoms with van der Waals surface area (Å²) < 4.78 is 9.21. The van der Waals surface area contributed by atoms with Gasteiger partial charge in [-0.2, -0.15) is 9.78 Å². The number of hydrogen-bond acceptors (Lipinski definition) is 6. The van der Waals surface area contributed by atoms with Gasteiger partial charge in [-0.05, 0) is 67.8 Å². The molecule has 4 rings (SSSR count). The van der Waals surface area contributed by atoms with E-state index in [1.165, 1.54) is 17.5 Å². The zero-order valence-corrected chi connectivity index (χ0v) is 17.3. The molecular weight excluding hydrogens is 396 g/mol. The molecule has 2 fully saturated rings. The van der Waals surface area contributed by atoms with E-state index < -0.39 is 0 Å². The fourth-order valence-electron chi connectivity index (χ4n) is 3.54. The molecular formula is C20H25ClN4O2S. The predicted molar refractivity (Wildman–Crippen MR) is 114 cm³/mol. The molecule has 2 saturated heterocycles. The first-order valence-corrected chi connectivity index (χ1v) is 11.0. The minimum atomic E-state index is -0.313. The Bertz CT molecular complexity index is 846. The van der Waals surface area contributed by atoms with Crippen LogP contribution in [0.25, 0.3) is 5.69 Å². The standard InChI is InChI=1S/C20H25ClN4O2S/c21-19-18(22-12-15-4-3-11-27-14-15)13-23-25(20(19)26)16-5-7-17(8-6-16)28-24-9-1-2-10-24/h5-8,13,15,22H,1-4,9-12,14H2. The van der Waals surface area contributed by atoms with Gasteiger partial charge < -0.3 is 10.1 Å². The second kappa shape index (κ2) is 9.31. The van der Waals surface area contributed by atoms with Crippen LogP contribution in [-0.2, 0) is 4.74 Å². The number of hydrogen-bond donors (Lipinski definition) is 1. The van der Waals surface area contributed by atoms with Crippen molar-refractivity contribution in [2.24, 2.45) is 5.92 Å². The lowest BCUT2D eigenvalue weighted by Gasteiger charge is -2.22. The largest absolute Gasteiger partial charge is 0.382 e. The van der Waals surface area contributed by atoms with E-state index in [1.807, 2.05) is 24.3 Å². The Morgan fingerprint density at radius 2 is 2.00 bits per heavy atom. The topological polar surface area (TPSA) is 59.4 Å². The molecule has 0 aliphatic carbocycles. The number of rotatable bonds is 6. The van der Waals surface area contributed by atoms with E-state index in [0.29, 0.717) is 17.3 Å². The second-order valence-corrected chi connectivity index (χ2v) is 8.82. The molecule has 0 spiro atoms. The minimum Gasteiger partial charge on any atom is -0.382 e. The van der Waals surface area contributed by atoms with E-state index in [9.17, 15) is 4.79 Å². The molecule has 1 unspecified atom stereocenters. The average molecular weight is 421 g/mol. The van der Waals surface area contributed by atoms with E-state index in [1.54, 1.807) is 18.1 Å². The van der Waals surface area contributed by atoms with Crippen molar-refractivity contribution in [2.45, 2.75) is 30.6 Å². The molecule has 2 aliphatic rings. The summed E-state index contributed by atoms with van der Waals surface area (Å²) in [5.74, 6) is 0.438. The number of benzene rings is 1. The van der Waals surface area contributed by atoms with Gasteiger partial charge in [-0.3, -0.25) is 4.79 Å². The quantitative estimate of drug-likeness (QED) is 0.717. The maximum Gasteiger partial charge on any atom is 0.292 e. The fraction of sp³-hybridized carbons (Fsp3) is 0.500. The smallest absolute Gasteiger partial charge is 0.292 e. The monoisotopic (exact) mass is 420 g/mol. The van der Waals surface area contributed by atoms with Crippen molar-refractivity contribution < 1.29 is 4.74 Å². The van der Waals surface area contributed by atoms with Crippen LogP contribution in [0.3, 0.4) is 0 Å². The molecule has 0 saturated carbocycles. The summed E-state index contributed by atoms with van der Waals surface area (Å²) in [5.41, 5.74) is 0.978. The molecule has 0 bridgehead atoms. The first-order chi connectivity index (χ1) is 13.7. The SMILES string of the molecule is O=c1c(Cl)c(NCC2CCCOC2)cnn1-c1ccc(SN2CCCC2)cc1. The number of halogens is 1. The van der Waals surface area contributed by atoms with E-state index in [4.69, 9.17) is 16.3 Å². The van der Waals surface area contributed by atoms with Gasteiger partial charge in [-0.25, -0.2) is 4.31 Å². The highest BCUT2D eigenvalue weighted by molar-refractivity contribution is 7.97. The van der Waals surface area contributed by atoms with Gasteiger partial charge in [0.1, 0.15) is 5.02 Å². The molecule has 28 heavy (non-hydrogen) atoms. The Morgan fingerprint density at radius 3 is 2.71 bits per heavy atom. The van der Waals surface area contributed by atoms with E-state index in [0.717, 1.165) is 50.6 Å². The van der Waals surface area contributed by atoms with Crippen LogP contribution in [0.5, 0.6) is 0 Å². The molecule has 2 aliphatic heterocycles. The summed E-state index contributed by atoms with van der Waals surface area (Å²) in [7, 11) is 0. The van der Waals surface area contributed by atoms with Gasteiger partial charge in [0.15, 0.2) is 0 Å². The molecule has 6 nitrogen and oxygen atoms in total. The Morgan fingerprint density at radius 1 is 1.21 bits per heavy atom. The summed E-state index contributed by atoms with van der Waals surface area (Å²) in [6.07, 6.45) is 6.34. The van der Waals surface area contributed by atoms with Crippen LogP contribution in [0.4, 0.5) is 5.69 Å². The van der Waals surface area contributed by atoms with Gasteiger partial charge in [0.25, 0.3) is 5.56 Å². The van der Waals surface area contributed by atoms with Gasteiger partial charge >= 0.3 is 0 Å². The normalized spacial score (nSPS) is 20.4. The summed E-state index contributed by atoms with van der Waals surface area (Å²) in [4.78, 5) is 13.9. The third-order valence-corrected chi connectivity index (χ3v) is 6.61. The Labute approximate surface area is 174 Å². The molecule has 3 heterocycles. The minimum absolute atomic E-state index is 0.169. The van der Waals surface area contributed by atoms with Crippen LogP contribution >= 0.6 is 23.5 Å². The second-order valence-electron chi connectivity index (χ2n) is 7.27. The molecule has 0 radical (unpaired) electrons. The van der Waals surface area contributed by atoms with Crippen molar-refractivity contribution in [3.05, 3.63) is 45.8 Å². The molecule has 8 heteroatoms. The number of anilines is 1. The van der Waals surface area contributed by atoms with Crippen molar-refractivity contribution >= 4 is 29.2 Å². The van der Waals surface area contributed by atoms with E-state index in [2.05, 4.69) is 14.7 Å².